The number of ether oxygens (including phenoxy) is 2. The summed E-state index contributed by atoms with van der Waals surface area (Å²) in [4.78, 5) is 22.6. The second-order valence-corrected chi connectivity index (χ2v) is 4.87. The van der Waals surface area contributed by atoms with Gasteiger partial charge in [0.2, 0.25) is 5.82 Å². The highest BCUT2D eigenvalue weighted by Gasteiger charge is 2.27. The van der Waals surface area contributed by atoms with Crippen LogP contribution >= 0.6 is 0 Å². The van der Waals surface area contributed by atoms with Gasteiger partial charge in [0.25, 0.3) is 6.29 Å². The Bertz CT molecular complexity index is 882. The Morgan fingerprint density at radius 2 is 1.91 bits per heavy atom. The molecule has 0 aliphatic carbocycles. The topological polar surface area (TPSA) is 65.7 Å². The number of rotatable bonds is 2. The molecular weight excluding hydrogens is 298 g/mol. The van der Waals surface area contributed by atoms with Gasteiger partial charge in [-0.25, -0.2) is 14.0 Å². The van der Waals surface area contributed by atoms with Crippen molar-refractivity contribution in [1.29, 1.82) is 0 Å². The SMILES string of the molecule is CC1=CC(Oc2c(F)cc3c(C)cc(=O)oc3c2F)OC1=O. The van der Waals surface area contributed by atoms with Crippen LogP contribution in [-0.2, 0) is 9.53 Å². The molecule has 0 amide bonds. The summed E-state index contributed by atoms with van der Waals surface area (Å²) in [6.45, 7) is 3.02. The molecule has 0 bridgehead atoms. The minimum Gasteiger partial charge on any atom is -0.445 e. The summed E-state index contributed by atoms with van der Waals surface area (Å²) in [5.74, 6) is -3.56. The third kappa shape index (κ3) is 2.24. The second kappa shape index (κ2) is 4.94. The van der Waals surface area contributed by atoms with E-state index in [1.807, 2.05) is 0 Å². The number of carbonyl (C=O) groups is 1. The van der Waals surface area contributed by atoms with Gasteiger partial charge < -0.3 is 13.9 Å². The number of hydrogen-bond acceptors (Lipinski definition) is 5. The largest absolute Gasteiger partial charge is 0.445 e. The molecule has 5 nitrogen and oxygen atoms in total. The molecule has 1 aromatic heterocycles. The lowest BCUT2D eigenvalue weighted by atomic mass is 10.1. The molecule has 1 aliphatic heterocycles. The fraction of sp³-hybridized carbons (Fsp3) is 0.200. The lowest BCUT2D eigenvalue weighted by molar-refractivity contribution is -0.149. The van der Waals surface area contributed by atoms with Crippen LogP contribution in [0.15, 0.2) is 33.0 Å². The molecular formula is C15H10F2O5. The zero-order valence-electron chi connectivity index (χ0n) is 11.6. The summed E-state index contributed by atoms with van der Waals surface area (Å²) in [5, 5.41) is 0.122. The minimum absolute atomic E-state index is 0.122. The van der Waals surface area contributed by atoms with Crippen molar-refractivity contribution in [3.8, 4) is 5.75 Å². The molecule has 0 saturated heterocycles. The molecule has 1 unspecified atom stereocenters. The summed E-state index contributed by atoms with van der Waals surface area (Å²) in [6.07, 6.45) is 0.0585. The summed E-state index contributed by atoms with van der Waals surface area (Å²) >= 11 is 0. The van der Waals surface area contributed by atoms with Gasteiger partial charge in [0.15, 0.2) is 17.1 Å². The van der Waals surface area contributed by atoms with E-state index in [9.17, 15) is 18.4 Å². The second-order valence-electron chi connectivity index (χ2n) is 4.87. The van der Waals surface area contributed by atoms with Gasteiger partial charge in [-0.05, 0) is 25.5 Å². The van der Waals surface area contributed by atoms with Gasteiger partial charge in [0.05, 0.1) is 0 Å². The molecule has 0 radical (unpaired) electrons. The van der Waals surface area contributed by atoms with E-state index >= 15 is 0 Å². The molecule has 114 valence electrons. The monoisotopic (exact) mass is 308 g/mol. The Hall–Kier alpha value is -2.70. The third-order valence-corrected chi connectivity index (χ3v) is 3.26. The summed E-state index contributed by atoms with van der Waals surface area (Å²) in [5.41, 5.74) is -0.525. The van der Waals surface area contributed by atoms with Crippen LogP contribution < -0.4 is 10.4 Å². The van der Waals surface area contributed by atoms with Crippen molar-refractivity contribution in [3.05, 3.63) is 51.4 Å². The first kappa shape index (κ1) is 14.2. The molecule has 0 spiro atoms. The summed E-state index contributed by atoms with van der Waals surface area (Å²) in [6, 6.07) is 2.13. The Kier molecular flexibility index (Phi) is 3.20. The number of esters is 1. The van der Waals surface area contributed by atoms with Gasteiger partial charge >= 0.3 is 11.6 Å². The number of carbonyl (C=O) groups excluding carboxylic acids is 1. The van der Waals surface area contributed by atoms with Crippen LogP contribution in [0.5, 0.6) is 5.75 Å². The van der Waals surface area contributed by atoms with Crippen molar-refractivity contribution >= 4 is 16.9 Å². The molecule has 1 aliphatic rings. The fourth-order valence-electron chi connectivity index (χ4n) is 2.15. The number of aryl methyl sites for hydroxylation is 1. The van der Waals surface area contributed by atoms with Crippen molar-refractivity contribution < 1.29 is 27.5 Å². The van der Waals surface area contributed by atoms with Gasteiger partial charge in [-0.3, -0.25) is 0 Å². The maximum atomic E-state index is 14.4. The van der Waals surface area contributed by atoms with Crippen LogP contribution in [0.2, 0.25) is 0 Å². The molecule has 1 atom stereocenters. The van der Waals surface area contributed by atoms with Crippen LogP contribution in [0.4, 0.5) is 8.78 Å². The highest BCUT2D eigenvalue weighted by Crippen LogP contribution is 2.32. The van der Waals surface area contributed by atoms with E-state index < -0.39 is 40.9 Å². The van der Waals surface area contributed by atoms with E-state index in [2.05, 4.69) is 0 Å². The van der Waals surface area contributed by atoms with Crippen molar-refractivity contribution in [2.75, 3.05) is 0 Å². The Balaban J connectivity index is 2.11. The van der Waals surface area contributed by atoms with E-state index in [-0.39, 0.29) is 11.0 Å². The number of hydrogen-bond donors (Lipinski definition) is 0. The predicted octanol–water partition coefficient (Wildman–Crippen LogP) is 2.59. The lowest BCUT2D eigenvalue weighted by Crippen LogP contribution is -2.17. The zero-order valence-corrected chi connectivity index (χ0v) is 11.6. The number of halogens is 2. The van der Waals surface area contributed by atoms with E-state index in [0.29, 0.717) is 5.56 Å². The van der Waals surface area contributed by atoms with Crippen LogP contribution in [0.25, 0.3) is 11.0 Å². The number of fused-ring (bicyclic) bond motifs is 1. The van der Waals surface area contributed by atoms with Crippen LogP contribution in [0, 0.1) is 18.6 Å². The Morgan fingerprint density at radius 3 is 2.55 bits per heavy atom. The highest BCUT2D eigenvalue weighted by atomic mass is 19.1. The van der Waals surface area contributed by atoms with Crippen molar-refractivity contribution in [2.45, 2.75) is 20.1 Å². The van der Waals surface area contributed by atoms with Gasteiger partial charge in [-0.15, -0.1) is 0 Å². The van der Waals surface area contributed by atoms with E-state index in [1.165, 1.54) is 19.9 Å². The number of benzene rings is 1. The zero-order chi connectivity index (χ0) is 16.0. The molecule has 0 saturated carbocycles. The molecule has 0 fully saturated rings. The van der Waals surface area contributed by atoms with Crippen LogP contribution in [0.1, 0.15) is 12.5 Å². The Morgan fingerprint density at radius 1 is 1.18 bits per heavy atom. The average molecular weight is 308 g/mol. The van der Waals surface area contributed by atoms with E-state index in [4.69, 9.17) is 13.9 Å². The van der Waals surface area contributed by atoms with Gasteiger partial charge in [0, 0.05) is 23.1 Å². The summed E-state index contributed by atoms with van der Waals surface area (Å²) < 4.78 is 43.0. The first-order valence-corrected chi connectivity index (χ1v) is 6.35. The first-order valence-electron chi connectivity index (χ1n) is 6.35. The fourth-order valence-corrected chi connectivity index (χ4v) is 2.15. The third-order valence-electron chi connectivity index (χ3n) is 3.26. The lowest BCUT2D eigenvalue weighted by Gasteiger charge is -2.14. The van der Waals surface area contributed by atoms with Crippen LogP contribution in [-0.4, -0.2) is 12.3 Å². The molecule has 1 aromatic carbocycles. The molecule has 3 rings (SSSR count). The smallest absolute Gasteiger partial charge is 0.336 e. The van der Waals surface area contributed by atoms with E-state index in [0.717, 1.165) is 12.1 Å². The van der Waals surface area contributed by atoms with Crippen molar-refractivity contribution in [3.63, 3.8) is 0 Å². The van der Waals surface area contributed by atoms with Crippen molar-refractivity contribution in [2.24, 2.45) is 0 Å². The Labute approximate surface area is 122 Å². The highest BCUT2D eigenvalue weighted by molar-refractivity contribution is 5.90. The average Bonchev–Trinajstić information content (AvgIpc) is 2.75. The van der Waals surface area contributed by atoms with Gasteiger partial charge in [-0.1, -0.05) is 0 Å². The van der Waals surface area contributed by atoms with E-state index in [1.54, 1.807) is 0 Å². The van der Waals surface area contributed by atoms with Crippen molar-refractivity contribution in [1.82, 2.24) is 0 Å². The maximum absolute atomic E-state index is 14.4. The molecule has 0 N–H and O–H groups in total. The molecule has 2 aromatic rings. The summed E-state index contributed by atoms with van der Waals surface area (Å²) in [7, 11) is 0. The standard InChI is InChI=1S/C15H10F2O5/c1-6-3-10(18)20-13-8(6)5-9(16)14(12(13)17)21-11-4-7(2)15(19)22-11/h3-5,11H,1-2H3. The number of cyclic esters (lactones) is 1. The molecule has 22 heavy (non-hydrogen) atoms. The molecule has 2 heterocycles. The van der Waals surface area contributed by atoms with Gasteiger partial charge in [0.1, 0.15) is 0 Å². The quantitative estimate of drug-likeness (QED) is 0.630. The maximum Gasteiger partial charge on any atom is 0.336 e. The van der Waals surface area contributed by atoms with Gasteiger partial charge in [-0.2, -0.15) is 4.39 Å². The molecule has 7 heteroatoms. The predicted molar refractivity (Wildman–Crippen MR) is 71.4 cm³/mol. The minimum atomic E-state index is -1.23. The first-order chi connectivity index (χ1) is 10.4. The normalized spacial score (nSPS) is 17.5. The van der Waals surface area contributed by atoms with Crippen LogP contribution in [0.3, 0.4) is 0 Å².